The molecule has 0 radical (unpaired) electrons. The van der Waals surface area contributed by atoms with E-state index >= 15 is 0 Å². The van der Waals surface area contributed by atoms with Crippen LogP contribution in [0.3, 0.4) is 0 Å². The predicted octanol–water partition coefficient (Wildman–Crippen LogP) is 1.89. The van der Waals surface area contributed by atoms with Gasteiger partial charge in [0.15, 0.2) is 0 Å². The maximum atomic E-state index is 5.68. The minimum Gasteiger partial charge on any atom is -0.478 e. The molecule has 2 N–H and O–H groups in total. The zero-order chi connectivity index (χ0) is 9.68. The second kappa shape index (κ2) is 4.82. The average Bonchev–Trinajstić information content (AvgIpc) is 2.15. The van der Waals surface area contributed by atoms with Gasteiger partial charge >= 0.3 is 0 Å². The Morgan fingerprint density at radius 3 is 2.77 bits per heavy atom. The van der Waals surface area contributed by atoms with Crippen LogP contribution in [-0.4, -0.2) is 11.6 Å². The second-order valence-corrected chi connectivity index (χ2v) is 3.07. The zero-order valence-electron chi connectivity index (χ0n) is 8.16. The van der Waals surface area contributed by atoms with E-state index in [0.29, 0.717) is 12.5 Å². The Morgan fingerprint density at radius 2 is 2.31 bits per heavy atom. The summed E-state index contributed by atoms with van der Waals surface area (Å²) in [7, 11) is 0. The van der Waals surface area contributed by atoms with E-state index in [1.807, 2.05) is 19.1 Å². The Balaban J connectivity index is 2.59. The van der Waals surface area contributed by atoms with E-state index in [1.165, 1.54) is 0 Å². The SMILES string of the molecule is CCCOc1ccc([C@@H](C)N)cn1. The fraction of sp³-hybridized carbons (Fsp3) is 0.500. The summed E-state index contributed by atoms with van der Waals surface area (Å²) in [6, 6.07) is 3.84. The van der Waals surface area contributed by atoms with Crippen LogP contribution in [0.4, 0.5) is 0 Å². The molecule has 0 saturated heterocycles. The van der Waals surface area contributed by atoms with Gasteiger partial charge in [-0.25, -0.2) is 4.98 Å². The van der Waals surface area contributed by atoms with Crippen LogP contribution >= 0.6 is 0 Å². The Bertz CT molecular complexity index is 244. The number of hydrogen-bond donors (Lipinski definition) is 1. The van der Waals surface area contributed by atoms with E-state index in [2.05, 4.69) is 11.9 Å². The smallest absolute Gasteiger partial charge is 0.213 e. The minimum absolute atomic E-state index is 0.0349. The normalized spacial score (nSPS) is 12.5. The van der Waals surface area contributed by atoms with Crippen molar-refractivity contribution in [3.05, 3.63) is 23.9 Å². The first-order valence-corrected chi connectivity index (χ1v) is 4.58. The number of ether oxygens (including phenoxy) is 1. The van der Waals surface area contributed by atoms with Gasteiger partial charge in [0.2, 0.25) is 5.88 Å². The molecule has 72 valence electrons. The Kier molecular flexibility index (Phi) is 3.71. The lowest BCUT2D eigenvalue weighted by Crippen LogP contribution is -2.05. The summed E-state index contributed by atoms with van der Waals surface area (Å²) in [5.41, 5.74) is 6.71. The molecule has 0 saturated carbocycles. The fourth-order valence-corrected chi connectivity index (χ4v) is 0.953. The minimum atomic E-state index is 0.0349. The molecule has 0 bridgehead atoms. The monoisotopic (exact) mass is 180 g/mol. The number of hydrogen-bond acceptors (Lipinski definition) is 3. The Labute approximate surface area is 78.9 Å². The molecule has 1 aromatic heterocycles. The molecule has 13 heavy (non-hydrogen) atoms. The van der Waals surface area contributed by atoms with Gasteiger partial charge < -0.3 is 10.5 Å². The van der Waals surface area contributed by atoms with Crippen molar-refractivity contribution >= 4 is 0 Å². The van der Waals surface area contributed by atoms with Crippen molar-refractivity contribution in [2.24, 2.45) is 5.73 Å². The van der Waals surface area contributed by atoms with E-state index in [9.17, 15) is 0 Å². The van der Waals surface area contributed by atoms with Crippen molar-refractivity contribution in [2.75, 3.05) is 6.61 Å². The molecule has 3 heteroatoms. The third-order valence-electron chi connectivity index (χ3n) is 1.74. The van der Waals surface area contributed by atoms with Crippen molar-refractivity contribution in [1.82, 2.24) is 4.98 Å². The predicted molar refractivity (Wildman–Crippen MR) is 52.6 cm³/mol. The molecule has 0 aromatic carbocycles. The lowest BCUT2D eigenvalue weighted by Gasteiger charge is -2.06. The molecule has 0 spiro atoms. The van der Waals surface area contributed by atoms with Crippen LogP contribution in [0.15, 0.2) is 18.3 Å². The van der Waals surface area contributed by atoms with Crippen LogP contribution < -0.4 is 10.5 Å². The van der Waals surface area contributed by atoms with Gasteiger partial charge in [-0.3, -0.25) is 0 Å². The van der Waals surface area contributed by atoms with E-state index in [1.54, 1.807) is 6.20 Å². The molecule has 1 atom stereocenters. The third-order valence-corrected chi connectivity index (χ3v) is 1.74. The Hall–Kier alpha value is -1.09. The quantitative estimate of drug-likeness (QED) is 0.769. The molecule has 0 fully saturated rings. The molecule has 1 rings (SSSR count). The number of rotatable bonds is 4. The molecule has 0 aliphatic heterocycles. The maximum Gasteiger partial charge on any atom is 0.213 e. The highest BCUT2D eigenvalue weighted by Crippen LogP contribution is 2.12. The highest BCUT2D eigenvalue weighted by Gasteiger charge is 1.99. The molecular formula is C10H16N2O. The zero-order valence-corrected chi connectivity index (χ0v) is 8.16. The van der Waals surface area contributed by atoms with Gasteiger partial charge in [-0.15, -0.1) is 0 Å². The summed E-state index contributed by atoms with van der Waals surface area (Å²) in [5, 5.41) is 0. The second-order valence-electron chi connectivity index (χ2n) is 3.07. The van der Waals surface area contributed by atoms with E-state index in [0.717, 1.165) is 12.0 Å². The first-order valence-electron chi connectivity index (χ1n) is 4.58. The molecule has 0 aliphatic carbocycles. The number of pyridine rings is 1. The lowest BCUT2D eigenvalue weighted by atomic mass is 10.2. The standard InChI is InChI=1S/C10H16N2O/c1-3-6-13-10-5-4-9(7-12-10)8(2)11/h4-5,7-8H,3,6,11H2,1-2H3/t8-/m1/s1. The van der Waals surface area contributed by atoms with Crippen LogP contribution in [-0.2, 0) is 0 Å². The largest absolute Gasteiger partial charge is 0.478 e. The summed E-state index contributed by atoms with van der Waals surface area (Å²) < 4.78 is 5.34. The maximum absolute atomic E-state index is 5.68. The van der Waals surface area contributed by atoms with Gasteiger partial charge in [-0.1, -0.05) is 13.0 Å². The number of aromatic nitrogens is 1. The summed E-state index contributed by atoms with van der Waals surface area (Å²) in [6.45, 7) is 4.71. The van der Waals surface area contributed by atoms with Crippen molar-refractivity contribution in [2.45, 2.75) is 26.3 Å². The van der Waals surface area contributed by atoms with Crippen LogP contribution in [0.25, 0.3) is 0 Å². The Morgan fingerprint density at radius 1 is 1.54 bits per heavy atom. The molecule has 1 aromatic rings. The molecule has 0 unspecified atom stereocenters. The summed E-state index contributed by atoms with van der Waals surface area (Å²) >= 11 is 0. The first kappa shape index (κ1) is 9.99. The molecule has 0 amide bonds. The molecule has 1 heterocycles. The van der Waals surface area contributed by atoms with Crippen molar-refractivity contribution in [1.29, 1.82) is 0 Å². The molecular weight excluding hydrogens is 164 g/mol. The average molecular weight is 180 g/mol. The van der Waals surface area contributed by atoms with Gasteiger partial charge in [0.1, 0.15) is 0 Å². The summed E-state index contributed by atoms with van der Waals surface area (Å²) in [5.74, 6) is 0.672. The number of nitrogens with two attached hydrogens (primary N) is 1. The van der Waals surface area contributed by atoms with Crippen LogP contribution in [0.2, 0.25) is 0 Å². The van der Waals surface area contributed by atoms with Gasteiger partial charge in [0.25, 0.3) is 0 Å². The third kappa shape index (κ3) is 3.03. The van der Waals surface area contributed by atoms with E-state index < -0.39 is 0 Å². The van der Waals surface area contributed by atoms with Gasteiger partial charge in [-0.05, 0) is 18.9 Å². The van der Waals surface area contributed by atoms with E-state index in [-0.39, 0.29) is 6.04 Å². The van der Waals surface area contributed by atoms with Gasteiger partial charge in [0, 0.05) is 18.3 Å². The van der Waals surface area contributed by atoms with E-state index in [4.69, 9.17) is 10.5 Å². The van der Waals surface area contributed by atoms with Crippen LogP contribution in [0.1, 0.15) is 31.9 Å². The molecule has 0 aliphatic rings. The first-order chi connectivity index (χ1) is 6.24. The van der Waals surface area contributed by atoms with Crippen molar-refractivity contribution in [3.8, 4) is 5.88 Å². The summed E-state index contributed by atoms with van der Waals surface area (Å²) in [6.07, 6.45) is 2.76. The van der Waals surface area contributed by atoms with Crippen LogP contribution in [0.5, 0.6) is 5.88 Å². The van der Waals surface area contributed by atoms with Crippen LogP contribution in [0, 0.1) is 0 Å². The number of nitrogens with zero attached hydrogens (tertiary/aromatic N) is 1. The summed E-state index contributed by atoms with van der Waals surface area (Å²) in [4.78, 5) is 4.14. The molecule has 3 nitrogen and oxygen atoms in total. The highest BCUT2D eigenvalue weighted by atomic mass is 16.5. The highest BCUT2D eigenvalue weighted by molar-refractivity contribution is 5.19. The fourth-order valence-electron chi connectivity index (χ4n) is 0.953. The van der Waals surface area contributed by atoms with Crippen molar-refractivity contribution in [3.63, 3.8) is 0 Å². The van der Waals surface area contributed by atoms with Gasteiger partial charge in [0.05, 0.1) is 6.61 Å². The lowest BCUT2D eigenvalue weighted by molar-refractivity contribution is 0.305. The van der Waals surface area contributed by atoms with Crippen molar-refractivity contribution < 1.29 is 4.74 Å². The topological polar surface area (TPSA) is 48.1 Å². The van der Waals surface area contributed by atoms with Gasteiger partial charge in [-0.2, -0.15) is 0 Å².